The summed E-state index contributed by atoms with van der Waals surface area (Å²) in [5, 5.41) is 15.1. The van der Waals surface area contributed by atoms with E-state index < -0.39 is 0 Å². The van der Waals surface area contributed by atoms with Gasteiger partial charge in [0.15, 0.2) is 0 Å². The summed E-state index contributed by atoms with van der Waals surface area (Å²) >= 11 is 1.82. The van der Waals surface area contributed by atoms with E-state index in [9.17, 15) is 5.11 Å². The Morgan fingerprint density at radius 1 is 1.25 bits per heavy atom. The summed E-state index contributed by atoms with van der Waals surface area (Å²) in [6, 6.07) is 13.1. The summed E-state index contributed by atoms with van der Waals surface area (Å²) in [6.07, 6.45) is 0. The summed E-state index contributed by atoms with van der Waals surface area (Å²) < 4.78 is 5.51. The predicted molar refractivity (Wildman–Crippen MR) is 98.2 cm³/mol. The maximum absolute atomic E-state index is 9.32. The molecule has 2 unspecified atom stereocenters. The molecule has 0 amide bonds. The third-order valence-electron chi connectivity index (χ3n) is 4.61. The molecule has 0 spiro atoms. The van der Waals surface area contributed by atoms with Crippen molar-refractivity contribution >= 4 is 11.3 Å². The Hall–Kier alpha value is -1.24. The monoisotopic (exact) mass is 346 g/mol. The first-order valence-electron chi connectivity index (χ1n) is 8.56. The number of hydrogen-bond donors (Lipinski definition) is 2. The van der Waals surface area contributed by atoms with Crippen molar-refractivity contribution in [1.29, 1.82) is 0 Å². The fourth-order valence-corrected chi connectivity index (χ4v) is 4.01. The summed E-state index contributed by atoms with van der Waals surface area (Å²) in [5.74, 6) is 0. The van der Waals surface area contributed by atoms with Gasteiger partial charge in [-0.15, -0.1) is 11.3 Å². The van der Waals surface area contributed by atoms with Crippen LogP contribution in [0.15, 0.2) is 41.8 Å². The van der Waals surface area contributed by atoms with E-state index in [1.165, 1.54) is 10.4 Å². The van der Waals surface area contributed by atoms with Crippen LogP contribution in [-0.4, -0.2) is 42.9 Å². The maximum atomic E-state index is 9.32. The zero-order valence-electron chi connectivity index (χ0n) is 14.1. The number of benzene rings is 1. The topological polar surface area (TPSA) is 44.7 Å². The van der Waals surface area contributed by atoms with Gasteiger partial charge in [-0.25, -0.2) is 0 Å². The molecule has 1 saturated heterocycles. The number of nitrogens with one attached hydrogen (secondary N) is 1. The first kappa shape index (κ1) is 17.6. The smallest absolute Gasteiger partial charge is 0.0681 e. The largest absolute Gasteiger partial charge is 0.392 e. The molecule has 4 nitrogen and oxygen atoms in total. The Kier molecular flexibility index (Phi) is 6.40. The number of nitrogens with zero attached hydrogens (tertiary/aromatic N) is 1. The van der Waals surface area contributed by atoms with Gasteiger partial charge in [0.2, 0.25) is 0 Å². The van der Waals surface area contributed by atoms with Gasteiger partial charge in [-0.05, 0) is 29.5 Å². The third-order valence-corrected chi connectivity index (χ3v) is 5.58. The molecule has 2 atom stereocenters. The number of morpholine rings is 1. The van der Waals surface area contributed by atoms with Crippen LogP contribution in [0.2, 0.25) is 0 Å². The van der Waals surface area contributed by atoms with Crippen LogP contribution in [0.5, 0.6) is 0 Å². The van der Waals surface area contributed by atoms with Crippen molar-refractivity contribution in [3.63, 3.8) is 0 Å². The van der Waals surface area contributed by atoms with Gasteiger partial charge in [-0.1, -0.05) is 30.3 Å². The second kappa shape index (κ2) is 8.74. The molecule has 2 heterocycles. The van der Waals surface area contributed by atoms with Crippen molar-refractivity contribution in [2.45, 2.75) is 25.6 Å². The lowest BCUT2D eigenvalue weighted by molar-refractivity contribution is 0.0164. The summed E-state index contributed by atoms with van der Waals surface area (Å²) in [4.78, 5) is 3.92. The molecule has 0 radical (unpaired) electrons. The minimum absolute atomic E-state index is 0.0894. The highest BCUT2D eigenvalue weighted by Crippen LogP contribution is 2.26. The average Bonchev–Trinajstić information content (AvgIpc) is 3.17. The van der Waals surface area contributed by atoms with E-state index in [-0.39, 0.29) is 12.6 Å². The van der Waals surface area contributed by atoms with Crippen molar-refractivity contribution in [1.82, 2.24) is 10.2 Å². The summed E-state index contributed by atoms with van der Waals surface area (Å²) in [5.41, 5.74) is 2.18. The molecule has 1 aromatic heterocycles. The Morgan fingerprint density at radius 3 is 2.79 bits per heavy atom. The first-order chi connectivity index (χ1) is 11.8. The summed E-state index contributed by atoms with van der Waals surface area (Å²) in [7, 11) is 0. The molecule has 3 rings (SSSR count). The van der Waals surface area contributed by atoms with E-state index in [0.29, 0.717) is 6.04 Å². The second-order valence-corrected chi connectivity index (χ2v) is 7.19. The van der Waals surface area contributed by atoms with Crippen LogP contribution in [0.1, 0.15) is 35.0 Å². The fourth-order valence-electron chi connectivity index (χ4n) is 3.15. The van der Waals surface area contributed by atoms with Gasteiger partial charge < -0.3 is 15.2 Å². The van der Waals surface area contributed by atoms with E-state index >= 15 is 0 Å². The number of hydrogen-bond acceptors (Lipinski definition) is 5. The SMILES string of the molecule is CC(NCC(c1cccs1)N1CCOCC1)c1cccc(CO)c1. The van der Waals surface area contributed by atoms with Crippen LogP contribution in [0, 0.1) is 0 Å². The molecule has 0 aliphatic carbocycles. The quantitative estimate of drug-likeness (QED) is 0.809. The van der Waals surface area contributed by atoms with Crippen LogP contribution < -0.4 is 5.32 Å². The van der Waals surface area contributed by atoms with Crippen molar-refractivity contribution < 1.29 is 9.84 Å². The van der Waals surface area contributed by atoms with Gasteiger partial charge >= 0.3 is 0 Å². The maximum Gasteiger partial charge on any atom is 0.0681 e. The molecule has 0 saturated carbocycles. The Labute approximate surface area is 148 Å². The molecule has 1 aliphatic heterocycles. The molecule has 1 aromatic carbocycles. The Balaban J connectivity index is 1.66. The zero-order valence-corrected chi connectivity index (χ0v) is 15.0. The molecule has 130 valence electrons. The highest BCUT2D eigenvalue weighted by molar-refractivity contribution is 7.10. The van der Waals surface area contributed by atoms with Crippen LogP contribution in [-0.2, 0) is 11.3 Å². The normalized spacial score (nSPS) is 18.4. The average molecular weight is 346 g/mol. The fraction of sp³-hybridized carbons (Fsp3) is 0.474. The van der Waals surface area contributed by atoms with Gasteiger partial charge in [0.25, 0.3) is 0 Å². The molecule has 0 bridgehead atoms. The number of rotatable bonds is 7. The highest BCUT2D eigenvalue weighted by Gasteiger charge is 2.23. The molecule has 24 heavy (non-hydrogen) atoms. The van der Waals surface area contributed by atoms with Gasteiger partial charge in [-0.3, -0.25) is 4.90 Å². The lowest BCUT2D eigenvalue weighted by Crippen LogP contribution is -2.42. The van der Waals surface area contributed by atoms with Gasteiger partial charge in [0.05, 0.1) is 25.9 Å². The highest BCUT2D eigenvalue weighted by atomic mass is 32.1. The minimum atomic E-state index is 0.0894. The van der Waals surface area contributed by atoms with Crippen molar-refractivity contribution in [3.05, 3.63) is 57.8 Å². The molecule has 1 aliphatic rings. The number of ether oxygens (including phenoxy) is 1. The molecule has 1 fully saturated rings. The molecular formula is C19H26N2O2S. The summed E-state index contributed by atoms with van der Waals surface area (Å²) in [6.45, 7) is 6.78. The lowest BCUT2D eigenvalue weighted by Gasteiger charge is -2.34. The van der Waals surface area contributed by atoms with Crippen LogP contribution in [0.3, 0.4) is 0 Å². The number of aliphatic hydroxyl groups excluding tert-OH is 1. The van der Waals surface area contributed by atoms with Crippen molar-refractivity contribution in [2.75, 3.05) is 32.8 Å². The molecule has 5 heteroatoms. The van der Waals surface area contributed by atoms with Crippen LogP contribution in [0.25, 0.3) is 0 Å². The first-order valence-corrected chi connectivity index (χ1v) is 9.44. The lowest BCUT2D eigenvalue weighted by atomic mass is 10.0. The number of aliphatic hydroxyl groups is 1. The molecule has 2 N–H and O–H groups in total. The van der Waals surface area contributed by atoms with Gasteiger partial charge in [0, 0.05) is 30.6 Å². The third kappa shape index (κ3) is 4.43. The van der Waals surface area contributed by atoms with E-state index in [2.05, 4.69) is 46.8 Å². The van der Waals surface area contributed by atoms with Crippen LogP contribution in [0.4, 0.5) is 0 Å². The predicted octanol–water partition coefficient (Wildman–Crippen LogP) is 2.96. The molecular weight excluding hydrogens is 320 g/mol. The van der Waals surface area contributed by atoms with E-state index in [0.717, 1.165) is 38.4 Å². The van der Waals surface area contributed by atoms with E-state index in [1.54, 1.807) is 0 Å². The van der Waals surface area contributed by atoms with Crippen molar-refractivity contribution in [3.8, 4) is 0 Å². The minimum Gasteiger partial charge on any atom is -0.392 e. The van der Waals surface area contributed by atoms with Gasteiger partial charge in [0.1, 0.15) is 0 Å². The number of thiophene rings is 1. The van der Waals surface area contributed by atoms with E-state index in [4.69, 9.17) is 4.74 Å². The van der Waals surface area contributed by atoms with Gasteiger partial charge in [-0.2, -0.15) is 0 Å². The molecule has 2 aromatic rings. The Bertz CT molecular complexity index is 612. The zero-order chi connectivity index (χ0) is 16.8. The van der Waals surface area contributed by atoms with E-state index in [1.807, 2.05) is 23.5 Å². The Morgan fingerprint density at radius 2 is 2.08 bits per heavy atom. The van der Waals surface area contributed by atoms with Crippen LogP contribution >= 0.6 is 11.3 Å². The standard InChI is InChI=1S/C19H26N2O2S/c1-15(17-5-2-4-16(12-17)14-22)20-13-18(19-6-3-11-24-19)21-7-9-23-10-8-21/h2-6,11-12,15,18,20,22H,7-10,13-14H2,1H3. The van der Waals surface area contributed by atoms with Crippen molar-refractivity contribution in [2.24, 2.45) is 0 Å². The second-order valence-electron chi connectivity index (χ2n) is 6.21.